The zero-order chi connectivity index (χ0) is 74.7. The predicted octanol–water partition coefficient (Wildman–Crippen LogP) is 26.5. The Morgan fingerprint density at radius 3 is 0.830 bits per heavy atom. The fourth-order valence-corrected chi connectivity index (χ4v) is 15.6. The van der Waals surface area contributed by atoms with Crippen molar-refractivity contribution in [3.05, 3.63) is 389 Å². The van der Waals surface area contributed by atoms with E-state index in [9.17, 15) is 9.59 Å². The summed E-state index contributed by atoms with van der Waals surface area (Å²) in [4.78, 5) is 49.2. The van der Waals surface area contributed by atoms with Crippen LogP contribution < -0.4 is 19.6 Å². The molecular formula is C101H70IrN8O2+. The summed E-state index contributed by atoms with van der Waals surface area (Å²) in [6.07, 6.45) is 7.22. The Kier molecular flexibility index (Phi) is 19.8. The molecular weight excluding hydrogens is 1550 g/mol. The van der Waals surface area contributed by atoms with Gasteiger partial charge < -0.3 is 29.6 Å². The van der Waals surface area contributed by atoms with Gasteiger partial charge in [0, 0.05) is 91.5 Å². The number of hydrogen-bond acceptors (Lipinski definition) is 10. The second kappa shape index (κ2) is 31.2. The summed E-state index contributed by atoms with van der Waals surface area (Å²) in [5.41, 5.74) is 16.0. The fourth-order valence-electron chi connectivity index (χ4n) is 15.6. The van der Waals surface area contributed by atoms with Crippen molar-refractivity contribution >= 4 is 188 Å². The molecule has 0 bridgehead atoms. The molecule has 0 aliphatic carbocycles. The van der Waals surface area contributed by atoms with Gasteiger partial charge in [-0.05, 0) is 155 Å². The van der Waals surface area contributed by atoms with Crippen molar-refractivity contribution in [2.45, 2.75) is 20.3 Å². The van der Waals surface area contributed by atoms with E-state index in [-0.39, 0.29) is 38.1 Å². The Morgan fingerprint density at radius 2 is 0.518 bits per heavy atom. The van der Waals surface area contributed by atoms with Gasteiger partial charge in [-0.15, -0.1) is 47.2 Å². The van der Waals surface area contributed by atoms with Gasteiger partial charge in [0.1, 0.15) is 11.6 Å². The third kappa shape index (κ3) is 13.6. The molecule has 0 atom stereocenters. The Bertz CT molecular complexity index is 6050. The second-order valence-corrected chi connectivity index (χ2v) is 27.5. The number of carbonyl (C=O) groups excluding carboxylic acids is 2. The number of Topliss-reactive ketones (excluding diaryl/α,β-unsaturated/α-hetero) is 2. The maximum atomic E-state index is 10.0. The number of benzene rings is 18. The molecule has 0 saturated carbocycles. The first-order valence-corrected chi connectivity index (χ1v) is 37.1. The molecule has 534 valence electrons. The summed E-state index contributed by atoms with van der Waals surface area (Å²) in [7, 11) is 0. The molecule has 20 aromatic rings. The molecule has 0 unspecified atom stereocenters. The first-order valence-electron chi connectivity index (χ1n) is 37.1. The van der Waals surface area contributed by atoms with Crippen molar-refractivity contribution in [3.63, 3.8) is 0 Å². The van der Waals surface area contributed by atoms with E-state index >= 15 is 0 Å². The van der Waals surface area contributed by atoms with E-state index in [1.807, 2.05) is 0 Å². The summed E-state index contributed by atoms with van der Waals surface area (Å²) < 4.78 is 0. The van der Waals surface area contributed by atoms with Crippen LogP contribution >= 0.6 is 0 Å². The summed E-state index contributed by atoms with van der Waals surface area (Å²) in [5.74, 6) is -0.125. The van der Waals surface area contributed by atoms with Gasteiger partial charge in [0.15, 0.2) is 0 Å². The smallest absolute Gasteiger partial charge is 0.328 e. The average molecular weight is 1620 g/mol. The van der Waals surface area contributed by atoms with E-state index in [2.05, 4.69) is 384 Å². The maximum Gasteiger partial charge on any atom is 3.00 e. The molecule has 0 aliphatic rings. The standard InChI is InChI=1S/2C48H31N4.C5H8O2.Ir/c2*1-3-17-35(18-4-1)51(45-23-11-15-33-13-7-9-21-39(33)45)37-25-27-41-42-28-26-38(32-44(42)48-47(43(41)31-37)49-29-30-50-48)52(36-19-5-2-6-20-36)46-24-12-16-34-14-8-10-22-40(34)46;1-4(6)3-5(2)7;/h2*1-31H;3H2,1-2H3;/q2*-1;;+3. The monoisotopic (exact) mass is 1620 g/mol. The van der Waals surface area contributed by atoms with Crippen molar-refractivity contribution in [2.75, 3.05) is 19.6 Å². The third-order valence-corrected chi connectivity index (χ3v) is 20.4. The number of aromatic nitrogens is 4. The van der Waals surface area contributed by atoms with Gasteiger partial charge >= 0.3 is 20.1 Å². The molecule has 2 aromatic heterocycles. The van der Waals surface area contributed by atoms with Crippen molar-refractivity contribution < 1.29 is 29.7 Å². The average Bonchev–Trinajstić information content (AvgIpc) is 0.733. The SMILES string of the molecule is CC(=O)CC(C)=O.[Ir+3].[c-]1c(N(c2ccccc2)c2cccc3ccccc23)ccc2c1c1nccnc1c1cc(N(c3ccccc3)c3cccc4ccccc34)ccc21.[c-]1c(N(c2ccccc2)c2cccc3ccccc23)ccc2c1c1nccnc1c1cc(N(c3ccccc3)c3cccc4ccccc34)ccc21. The van der Waals surface area contributed by atoms with Crippen LogP contribution in [0.4, 0.5) is 68.2 Å². The largest absolute Gasteiger partial charge is 3.00 e. The first kappa shape index (κ1) is 70.9. The molecule has 18 aromatic carbocycles. The van der Waals surface area contributed by atoms with Gasteiger partial charge in [0.2, 0.25) is 0 Å². The van der Waals surface area contributed by atoms with Crippen LogP contribution in [-0.2, 0) is 29.7 Å². The van der Waals surface area contributed by atoms with Crippen molar-refractivity contribution in [2.24, 2.45) is 0 Å². The number of carbonyl (C=O) groups is 2. The van der Waals surface area contributed by atoms with Crippen LogP contribution in [0.25, 0.3) is 108 Å². The van der Waals surface area contributed by atoms with Gasteiger partial charge in [-0.3, -0.25) is 19.6 Å². The van der Waals surface area contributed by atoms with Crippen LogP contribution in [0.15, 0.2) is 377 Å². The summed E-state index contributed by atoms with van der Waals surface area (Å²) >= 11 is 0. The topological polar surface area (TPSA) is 98.7 Å². The molecule has 20 rings (SSSR count). The number of rotatable bonds is 14. The Balaban J connectivity index is 0.000000149. The quantitative estimate of drug-likeness (QED) is 0.0595. The zero-order valence-corrected chi connectivity index (χ0v) is 63.6. The van der Waals surface area contributed by atoms with Gasteiger partial charge in [-0.1, -0.05) is 252 Å². The van der Waals surface area contributed by atoms with Crippen LogP contribution in [0.1, 0.15) is 20.3 Å². The molecule has 0 saturated heterocycles. The Labute approximate surface area is 661 Å². The van der Waals surface area contributed by atoms with Crippen molar-refractivity contribution in [1.82, 2.24) is 19.9 Å². The number of fused-ring (bicyclic) bond motifs is 16. The summed E-state index contributed by atoms with van der Waals surface area (Å²) in [6.45, 7) is 2.81. The minimum absolute atomic E-state index is 0. The third-order valence-electron chi connectivity index (χ3n) is 20.4. The summed E-state index contributed by atoms with van der Waals surface area (Å²) in [6, 6.07) is 132. The van der Waals surface area contributed by atoms with Crippen LogP contribution in [-0.4, -0.2) is 31.5 Å². The number of nitrogens with zero attached hydrogens (tertiary/aromatic N) is 8. The van der Waals surface area contributed by atoms with Crippen LogP contribution in [0.2, 0.25) is 0 Å². The molecule has 10 nitrogen and oxygen atoms in total. The van der Waals surface area contributed by atoms with Crippen LogP contribution in [0, 0.1) is 12.1 Å². The molecule has 11 heteroatoms. The maximum absolute atomic E-state index is 10.0. The Morgan fingerprint density at radius 1 is 0.250 bits per heavy atom. The number of para-hydroxylation sites is 4. The van der Waals surface area contributed by atoms with E-state index in [1.165, 1.54) is 56.9 Å². The van der Waals surface area contributed by atoms with Gasteiger partial charge in [0.05, 0.1) is 40.2 Å². The van der Waals surface area contributed by atoms with E-state index in [4.69, 9.17) is 19.9 Å². The second-order valence-electron chi connectivity index (χ2n) is 27.5. The van der Waals surface area contributed by atoms with Crippen LogP contribution in [0.3, 0.4) is 0 Å². The van der Waals surface area contributed by atoms with E-state index in [0.29, 0.717) is 0 Å². The Hall–Kier alpha value is -14.1. The van der Waals surface area contributed by atoms with Gasteiger partial charge in [-0.25, -0.2) is 0 Å². The summed E-state index contributed by atoms with van der Waals surface area (Å²) in [5, 5.41) is 17.9. The molecule has 0 radical (unpaired) electrons. The predicted molar refractivity (Wildman–Crippen MR) is 462 cm³/mol. The van der Waals surface area contributed by atoms with Crippen molar-refractivity contribution in [1.29, 1.82) is 0 Å². The molecule has 112 heavy (non-hydrogen) atoms. The van der Waals surface area contributed by atoms with Crippen molar-refractivity contribution in [3.8, 4) is 0 Å². The molecule has 2 heterocycles. The number of ketones is 2. The van der Waals surface area contributed by atoms with Gasteiger partial charge in [-0.2, -0.15) is 0 Å². The normalized spacial score (nSPS) is 11.2. The fraction of sp³-hybridized carbons (Fsp3) is 0.0297. The molecule has 0 aliphatic heterocycles. The van der Waals surface area contributed by atoms with Gasteiger partial charge in [0.25, 0.3) is 0 Å². The van der Waals surface area contributed by atoms with E-state index in [0.717, 1.165) is 133 Å². The number of anilines is 12. The first-order chi connectivity index (χ1) is 54.8. The van der Waals surface area contributed by atoms with Crippen LogP contribution in [0.5, 0.6) is 0 Å². The molecule has 0 spiro atoms. The molecule has 0 fully saturated rings. The zero-order valence-electron chi connectivity index (χ0n) is 61.2. The molecule has 0 N–H and O–H groups in total. The molecule has 0 amide bonds. The number of hydrogen-bond donors (Lipinski definition) is 0. The van der Waals surface area contributed by atoms with E-state index < -0.39 is 0 Å². The van der Waals surface area contributed by atoms with E-state index in [1.54, 1.807) is 24.8 Å². The minimum atomic E-state index is -0.0625. The minimum Gasteiger partial charge on any atom is -0.328 e.